The third-order valence-corrected chi connectivity index (χ3v) is 5.70. The van der Waals surface area contributed by atoms with Crippen LogP contribution in [0, 0.1) is 11.3 Å². The molecule has 144 valence electrons. The molecule has 0 amide bonds. The lowest BCUT2D eigenvalue weighted by molar-refractivity contribution is 0.111. The van der Waals surface area contributed by atoms with Crippen LogP contribution in [0.3, 0.4) is 0 Å². The molecule has 3 N–H and O–H groups in total. The molecule has 0 unspecified atom stereocenters. The zero-order valence-corrected chi connectivity index (χ0v) is 18.7. The fourth-order valence-electron chi connectivity index (χ4n) is 3.05. The number of nitrogens with zero attached hydrogens (tertiary/aromatic N) is 1. The van der Waals surface area contributed by atoms with Crippen LogP contribution >= 0.6 is 24.0 Å². The van der Waals surface area contributed by atoms with Gasteiger partial charge in [0.05, 0.1) is 5.75 Å². The molecule has 24 heavy (non-hydrogen) atoms. The monoisotopic (exact) mass is 474 g/mol. The Bertz CT molecular complexity index is 476. The molecule has 1 aliphatic carbocycles. The number of rotatable bonds is 10. The minimum atomic E-state index is -3.12. The Morgan fingerprint density at radius 3 is 2.29 bits per heavy atom. The van der Waals surface area contributed by atoms with Gasteiger partial charge in [0.25, 0.3) is 0 Å². The first kappa shape index (κ1) is 23.9. The normalized spacial score (nSPS) is 17.1. The van der Waals surface area contributed by atoms with E-state index >= 15 is 0 Å². The third-order valence-electron chi connectivity index (χ3n) is 4.29. The summed E-state index contributed by atoms with van der Waals surface area (Å²) in [7, 11) is -3.12. The number of guanidine groups is 1. The van der Waals surface area contributed by atoms with Crippen molar-refractivity contribution in [2.24, 2.45) is 16.3 Å². The summed E-state index contributed by atoms with van der Waals surface area (Å²) in [5, 5.41) is 6.43. The molecule has 0 aromatic rings. The summed E-state index contributed by atoms with van der Waals surface area (Å²) in [6.07, 6.45) is 5.08. The van der Waals surface area contributed by atoms with Crippen molar-refractivity contribution in [3.05, 3.63) is 0 Å². The van der Waals surface area contributed by atoms with Crippen LogP contribution in [0.25, 0.3) is 0 Å². The maximum Gasteiger partial charge on any atom is 0.211 e. The molecule has 0 aliphatic heterocycles. The molecular weight excluding hydrogens is 439 g/mol. The van der Waals surface area contributed by atoms with E-state index in [0.29, 0.717) is 24.4 Å². The van der Waals surface area contributed by atoms with Crippen LogP contribution in [-0.4, -0.2) is 46.3 Å². The van der Waals surface area contributed by atoms with Gasteiger partial charge in [0, 0.05) is 26.2 Å². The summed E-state index contributed by atoms with van der Waals surface area (Å²) in [6, 6.07) is 0. The van der Waals surface area contributed by atoms with Crippen molar-refractivity contribution < 1.29 is 8.42 Å². The second kappa shape index (κ2) is 11.5. The summed E-state index contributed by atoms with van der Waals surface area (Å²) in [4.78, 5) is 4.73. The van der Waals surface area contributed by atoms with E-state index in [9.17, 15) is 8.42 Å². The van der Waals surface area contributed by atoms with E-state index in [1.54, 1.807) is 6.92 Å². The van der Waals surface area contributed by atoms with E-state index < -0.39 is 10.0 Å². The van der Waals surface area contributed by atoms with Gasteiger partial charge in [-0.3, -0.25) is 4.99 Å². The summed E-state index contributed by atoms with van der Waals surface area (Å²) >= 11 is 0. The highest BCUT2D eigenvalue weighted by Gasteiger charge is 2.37. The number of hydrogen-bond donors (Lipinski definition) is 3. The molecule has 0 saturated heterocycles. The van der Waals surface area contributed by atoms with Crippen molar-refractivity contribution in [3.63, 3.8) is 0 Å². The van der Waals surface area contributed by atoms with Crippen LogP contribution in [0.5, 0.6) is 0 Å². The maximum absolute atomic E-state index is 11.4. The third kappa shape index (κ3) is 8.84. The van der Waals surface area contributed by atoms with E-state index in [1.165, 1.54) is 25.7 Å². The number of hydrogen-bond acceptors (Lipinski definition) is 3. The summed E-state index contributed by atoms with van der Waals surface area (Å²) in [5.41, 5.74) is 0.375. The van der Waals surface area contributed by atoms with Gasteiger partial charge < -0.3 is 10.6 Å². The standard InChI is InChI=1S/C16H34N4O2S.HI/c1-5-17-15(18-10-11-20-23(21,22)6-2)19-13-16(8-7-9-16)12-14(3)4;/h14,20H,5-13H2,1-4H3,(H2,17,18,19);1H. The average molecular weight is 474 g/mol. The Balaban J connectivity index is 0.00000529. The molecule has 1 saturated carbocycles. The average Bonchev–Trinajstić information content (AvgIpc) is 2.45. The van der Waals surface area contributed by atoms with Crippen molar-refractivity contribution >= 4 is 40.0 Å². The topological polar surface area (TPSA) is 82.6 Å². The number of aliphatic imine (C=N–C) groups is 1. The first-order chi connectivity index (χ1) is 10.8. The van der Waals surface area contributed by atoms with Crippen molar-refractivity contribution in [3.8, 4) is 0 Å². The Morgan fingerprint density at radius 1 is 1.17 bits per heavy atom. The molecule has 0 spiro atoms. The summed E-state index contributed by atoms with van der Waals surface area (Å²) < 4.78 is 25.3. The number of halogens is 1. The zero-order chi connectivity index (χ0) is 17.3. The summed E-state index contributed by atoms with van der Waals surface area (Å²) in [5.74, 6) is 1.58. The highest BCUT2D eigenvalue weighted by Crippen LogP contribution is 2.46. The van der Waals surface area contributed by atoms with Crippen LogP contribution in [-0.2, 0) is 10.0 Å². The molecule has 1 aliphatic rings. The molecule has 0 heterocycles. The molecule has 0 aromatic heterocycles. The van der Waals surface area contributed by atoms with Crippen molar-refractivity contribution in [1.82, 2.24) is 15.4 Å². The Hall–Kier alpha value is -0.0900. The fraction of sp³-hybridized carbons (Fsp3) is 0.938. The molecular formula is C16H35IN4O2S. The lowest BCUT2D eigenvalue weighted by Crippen LogP contribution is -2.43. The molecule has 8 heteroatoms. The van der Waals surface area contributed by atoms with Gasteiger partial charge in [0.2, 0.25) is 10.0 Å². The predicted octanol–water partition coefficient (Wildman–Crippen LogP) is 2.32. The second-order valence-electron chi connectivity index (χ2n) is 6.87. The second-order valence-corrected chi connectivity index (χ2v) is 8.97. The van der Waals surface area contributed by atoms with Crippen LogP contribution in [0.4, 0.5) is 0 Å². The molecule has 6 nitrogen and oxygen atoms in total. The van der Waals surface area contributed by atoms with Crippen LogP contribution < -0.4 is 15.4 Å². The highest BCUT2D eigenvalue weighted by atomic mass is 127. The zero-order valence-electron chi connectivity index (χ0n) is 15.5. The van der Waals surface area contributed by atoms with Crippen LogP contribution in [0.1, 0.15) is 53.4 Å². The van der Waals surface area contributed by atoms with Crippen LogP contribution in [0.2, 0.25) is 0 Å². The van der Waals surface area contributed by atoms with Crippen molar-refractivity contribution in [2.45, 2.75) is 53.4 Å². The predicted molar refractivity (Wildman–Crippen MR) is 113 cm³/mol. The van der Waals surface area contributed by atoms with Gasteiger partial charge in [-0.05, 0) is 44.4 Å². The fourth-order valence-corrected chi connectivity index (χ4v) is 3.66. The maximum atomic E-state index is 11.4. The molecule has 1 rings (SSSR count). The van der Waals surface area contributed by atoms with E-state index in [2.05, 4.69) is 29.2 Å². The molecule has 1 fully saturated rings. The molecule has 0 bridgehead atoms. The Morgan fingerprint density at radius 2 is 1.83 bits per heavy atom. The van der Waals surface area contributed by atoms with Gasteiger partial charge in [0.15, 0.2) is 5.96 Å². The van der Waals surface area contributed by atoms with Gasteiger partial charge in [-0.25, -0.2) is 13.1 Å². The number of nitrogens with one attached hydrogen (secondary N) is 3. The smallest absolute Gasteiger partial charge is 0.211 e. The lowest BCUT2D eigenvalue weighted by atomic mass is 9.64. The summed E-state index contributed by atoms with van der Waals surface area (Å²) in [6.45, 7) is 10.8. The first-order valence-corrected chi connectivity index (χ1v) is 10.5. The quantitative estimate of drug-likeness (QED) is 0.197. The van der Waals surface area contributed by atoms with E-state index in [-0.39, 0.29) is 29.7 Å². The minimum Gasteiger partial charge on any atom is -0.357 e. The lowest BCUT2D eigenvalue weighted by Gasteiger charge is -2.42. The SMILES string of the molecule is CCNC(=NCC1(CC(C)C)CCC1)NCCNS(=O)(=O)CC.I. The highest BCUT2D eigenvalue weighted by molar-refractivity contribution is 14.0. The molecule has 0 radical (unpaired) electrons. The van der Waals surface area contributed by atoms with E-state index in [4.69, 9.17) is 4.99 Å². The van der Waals surface area contributed by atoms with E-state index in [0.717, 1.165) is 19.0 Å². The molecule has 0 aromatic carbocycles. The van der Waals surface area contributed by atoms with Gasteiger partial charge in [-0.1, -0.05) is 20.3 Å². The van der Waals surface area contributed by atoms with E-state index in [1.807, 2.05) is 6.92 Å². The Kier molecular flexibility index (Phi) is 11.5. The first-order valence-electron chi connectivity index (χ1n) is 8.82. The number of sulfonamides is 1. The van der Waals surface area contributed by atoms with Crippen molar-refractivity contribution in [2.75, 3.05) is 31.9 Å². The van der Waals surface area contributed by atoms with Gasteiger partial charge in [-0.15, -0.1) is 24.0 Å². The van der Waals surface area contributed by atoms with Crippen LogP contribution in [0.15, 0.2) is 4.99 Å². The Labute approximate surface area is 165 Å². The van der Waals surface area contributed by atoms with Crippen molar-refractivity contribution in [1.29, 1.82) is 0 Å². The van der Waals surface area contributed by atoms with Gasteiger partial charge >= 0.3 is 0 Å². The van der Waals surface area contributed by atoms with Gasteiger partial charge in [0.1, 0.15) is 0 Å². The molecule has 0 atom stereocenters. The minimum absolute atomic E-state index is 0. The van der Waals surface area contributed by atoms with Gasteiger partial charge in [-0.2, -0.15) is 0 Å². The largest absolute Gasteiger partial charge is 0.357 e.